The lowest BCUT2D eigenvalue weighted by molar-refractivity contribution is -0.136. The molecule has 1 saturated heterocycles. The summed E-state index contributed by atoms with van der Waals surface area (Å²) in [5.74, 6) is 1.10. The second-order valence-corrected chi connectivity index (χ2v) is 6.65. The van der Waals surface area contributed by atoms with Crippen molar-refractivity contribution in [2.45, 2.75) is 18.4 Å². The van der Waals surface area contributed by atoms with E-state index in [4.69, 9.17) is 0 Å². The van der Waals surface area contributed by atoms with Crippen molar-refractivity contribution in [1.82, 2.24) is 19.8 Å². The topological polar surface area (TPSA) is 50.2 Å². The fourth-order valence-electron chi connectivity index (χ4n) is 3.66. The van der Waals surface area contributed by atoms with Gasteiger partial charge >= 0.3 is 0 Å². The molecule has 1 aromatic heterocycles. The summed E-state index contributed by atoms with van der Waals surface area (Å²) in [4.78, 5) is 19.4. The molecule has 0 radical (unpaired) electrons. The van der Waals surface area contributed by atoms with Crippen molar-refractivity contribution < 1.29 is 9.18 Å². The van der Waals surface area contributed by atoms with Crippen LogP contribution in [0.25, 0.3) is 0 Å². The predicted octanol–water partition coefficient (Wildman–Crippen LogP) is 1.84. The van der Waals surface area contributed by atoms with Crippen LogP contribution >= 0.6 is 0 Å². The highest BCUT2D eigenvalue weighted by molar-refractivity contribution is 5.83. The largest absolute Gasteiger partial charge is 0.336 e. The third-order valence-corrected chi connectivity index (χ3v) is 5.09. The molecule has 3 unspecified atom stereocenters. The van der Waals surface area contributed by atoms with E-state index < -0.39 is 0 Å². The van der Waals surface area contributed by atoms with Crippen LogP contribution in [-0.4, -0.2) is 40.0 Å². The maximum Gasteiger partial charge on any atom is 0.227 e. The number of nitrogens with zero attached hydrogens (tertiary/aromatic N) is 3. The molecule has 126 valence electrons. The summed E-state index contributed by atoms with van der Waals surface area (Å²) in [6.45, 7) is 2.23. The van der Waals surface area contributed by atoms with Crippen molar-refractivity contribution in [2.24, 2.45) is 13.0 Å². The molecule has 3 atom stereocenters. The van der Waals surface area contributed by atoms with E-state index in [0.29, 0.717) is 6.54 Å². The standard InChI is InChI=1S/C18H21FN4O/c1-22-8-7-21-17(22)16-11-20-6-9-23(16)18(24)15-10-14(15)12-2-4-13(19)5-3-12/h2-5,7-8,14-16,20H,6,9-11H2,1H3. The van der Waals surface area contributed by atoms with Gasteiger partial charge in [0.25, 0.3) is 0 Å². The number of rotatable bonds is 3. The van der Waals surface area contributed by atoms with Gasteiger partial charge in [-0.1, -0.05) is 12.1 Å². The minimum atomic E-state index is -0.237. The van der Waals surface area contributed by atoms with Crippen molar-refractivity contribution in [3.63, 3.8) is 0 Å². The number of hydrogen-bond donors (Lipinski definition) is 1. The van der Waals surface area contributed by atoms with Gasteiger partial charge in [-0.05, 0) is 30.0 Å². The van der Waals surface area contributed by atoms with Gasteiger partial charge in [0.2, 0.25) is 5.91 Å². The summed E-state index contributed by atoms with van der Waals surface area (Å²) in [5.41, 5.74) is 1.05. The van der Waals surface area contributed by atoms with Gasteiger partial charge in [0.05, 0.1) is 0 Å². The monoisotopic (exact) mass is 328 g/mol. The Morgan fingerprint density at radius 3 is 2.83 bits per heavy atom. The quantitative estimate of drug-likeness (QED) is 0.935. The van der Waals surface area contributed by atoms with E-state index >= 15 is 0 Å². The average Bonchev–Trinajstić information content (AvgIpc) is 3.29. The van der Waals surface area contributed by atoms with E-state index in [1.54, 1.807) is 18.3 Å². The molecule has 1 aliphatic carbocycles. The number of carbonyl (C=O) groups excluding carboxylic acids is 1. The minimum absolute atomic E-state index is 0.0105. The van der Waals surface area contributed by atoms with Crippen LogP contribution in [0.2, 0.25) is 0 Å². The molecule has 2 heterocycles. The van der Waals surface area contributed by atoms with E-state index in [1.165, 1.54) is 12.1 Å². The summed E-state index contributed by atoms with van der Waals surface area (Å²) in [5, 5.41) is 3.35. The third-order valence-electron chi connectivity index (χ3n) is 5.09. The molecule has 1 saturated carbocycles. The van der Waals surface area contributed by atoms with Crippen LogP contribution in [-0.2, 0) is 11.8 Å². The van der Waals surface area contributed by atoms with E-state index in [9.17, 15) is 9.18 Å². The summed E-state index contributed by atoms with van der Waals surface area (Å²) < 4.78 is 15.0. The molecule has 1 aromatic carbocycles. The van der Waals surface area contributed by atoms with Crippen LogP contribution < -0.4 is 5.32 Å². The van der Waals surface area contributed by atoms with Gasteiger partial charge < -0.3 is 14.8 Å². The van der Waals surface area contributed by atoms with Crippen LogP contribution in [0.3, 0.4) is 0 Å². The van der Waals surface area contributed by atoms with Crippen molar-refractivity contribution in [3.8, 4) is 0 Å². The number of carbonyl (C=O) groups is 1. The molecule has 1 amide bonds. The molecule has 6 heteroatoms. The van der Waals surface area contributed by atoms with Gasteiger partial charge in [0.1, 0.15) is 17.7 Å². The van der Waals surface area contributed by atoms with Crippen molar-refractivity contribution >= 4 is 5.91 Å². The molecule has 2 aromatic rings. The average molecular weight is 328 g/mol. The van der Waals surface area contributed by atoms with Crippen LogP contribution in [0.1, 0.15) is 29.8 Å². The zero-order valence-electron chi connectivity index (χ0n) is 13.7. The molecule has 1 N–H and O–H groups in total. The molecule has 1 aliphatic heterocycles. The van der Waals surface area contributed by atoms with Gasteiger partial charge in [-0.15, -0.1) is 0 Å². The van der Waals surface area contributed by atoms with Crippen LogP contribution in [0.4, 0.5) is 4.39 Å². The number of nitrogens with one attached hydrogen (secondary N) is 1. The van der Waals surface area contributed by atoms with Crippen LogP contribution in [0, 0.1) is 11.7 Å². The zero-order valence-corrected chi connectivity index (χ0v) is 13.7. The number of hydrogen-bond acceptors (Lipinski definition) is 3. The molecule has 2 aliphatic rings. The number of aryl methyl sites for hydroxylation is 1. The molecule has 2 fully saturated rings. The Morgan fingerprint density at radius 2 is 2.12 bits per heavy atom. The fraction of sp³-hybridized carbons (Fsp3) is 0.444. The number of aromatic nitrogens is 2. The Morgan fingerprint density at radius 1 is 1.33 bits per heavy atom. The lowest BCUT2D eigenvalue weighted by Crippen LogP contribution is -2.50. The smallest absolute Gasteiger partial charge is 0.227 e. The molecule has 4 rings (SSSR count). The first-order valence-electron chi connectivity index (χ1n) is 8.39. The summed E-state index contributed by atoms with van der Waals surface area (Å²) in [6.07, 6.45) is 4.53. The second-order valence-electron chi connectivity index (χ2n) is 6.65. The van der Waals surface area contributed by atoms with E-state index in [0.717, 1.165) is 30.9 Å². The number of piperazine rings is 1. The number of halogens is 1. The molecule has 0 spiro atoms. The Hall–Kier alpha value is -2.21. The lowest BCUT2D eigenvalue weighted by atomic mass is 10.1. The fourth-order valence-corrected chi connectivity index (χ4v) is 3.66. The first-order valence-corrected chi connectivity index (χ1v) is 8.39. The second kappa shape index (κ2) is 6.02. The minimum Gasteiger partial charge on any atom is -0.336 e. The van der Waals surface area contributed by atoms with E-state index in [1.807, 2.05) is 22.7 Å². The summed E-state index contributed by atoms with van der Waals surface area (Å²) in [6, 6.07) is 6.50. The Bertz CT molecular complexity index is 742. The first kappa shape index (κ1) is 15.3. The normalized spacial score (nSPS) is 26.4. The highest BCUT2D eigenvalue weighted by Gasteiger charge is 2.47. The molecule has 5 nitrogen and oxygen atoms in total. The highest BCUT2D eigenvalue weighted by atomic mass is 19.1. The molecular formula is C18H21FN4O. The Balaban J connectivity index is 1.51. The third kappa shape index (κ3) is 2.71. The predicted molar refractivity (Wildman–Crippen MR) is 87.8 cm³/mol. The SMILES string of the molecule is Cn1ccnc1C1CNCCN1C(=O)C1CC1c1ccc(F)cc1. The number of amides is 1. The Kier molecular flexibility index (Phi) is 3.84. The maximum atomic E-state index is 13.1. The first-order chi connectivity index (χ1) is 11.6. The van der Waals surface area contributed by atoms with E-state index in [-0.39, 0.29) is 29.6 Å². The van der Waals surface area contributed by atoms with Gasteiger partial charge in [-0.3, -0.25) is 4.79 Å². The van der Waals surface area contributed by atoms with Gasteiger partial charge in [0.15, 0.2) is 0 Å². The maximum absolute atomic E-state index is 13.1. The lowest BCUT2D eigenvalue weighted by Gasteiger charge is -2.36. The zero-order chi connectivity index (χ0) is 16.7. The van der Waals surface area contributed by atoms with Gasteiger partial charge in [0, 0.05) is 45.0 Å². The van der Waals surface area contributed by atoms with Crippen molar-refractivity contribution in [1.29, 1.82) is 0 Å². The molecule has 0 bridgehead atoms. The molecule has 24 heavy (non-hydrogen) atoms. The summed E-state index contributed by atoms with van der Waals surface area (Å²) >= 11 is 0. The number of imidazole rings is 1. The van der Waals surface area contributed by atoms with Crippen LogP contribution in [0.5, 0.6) is 0 Å². The van der Waals surface area contributed by atoms with Crippen molar-refractivity contribution in [2.75, 3.05) is 19.6 Å². The van der Waals surface area contributed by atoms with Gasteiger partial charge in [-0.2, -0.15) is 0 Å². The summed E-state index contributed by atoms with van der Waals surface area (Å²) in [7, 11) is 1.96. The Labute approximate surface area is 140 Å². The van der Waals surface area contributed by atoms with Crippen molar-refractivity contribution in [3.05, 3.63) is 53.9 Å². The van der Waals surface area contributed by atoms with Crippen LogP contribution in [0.15, 0.2) is 36.7 Å². The molecular weight excluding hydrogens is 307 g/mol. The van der Waals surface area contributed by atoms with E-state index in [2.05, 4.69) is 10.3 Å². The number of benzene rings is 1. The highest BCUT2D eigenvalue weighted by Crippen LogP contribution is 2.49. The van der Waals surface area contributed by atoms with Gasteiger partial charge in [-0.25, -0.2) is 9.37 Å².